The third kappa shape index (κ3) is 3.97. The third-order valence-electron chi connectivity index (χ3n) is 4.34. The Balaban J connectivity index is 0.000000704. The van der Waals surface area contributed by atoms with Crippen molar-refractivity contribution in [1.29, 1.82) is 0 Å². The Morgan fingerprint density at radius 3 is 2.30 bits per heavy atom. The number of hydrogen-bond donors (Lipinski definition) is 1. The van der Waals surface area contributed by atoms with E-state index in [4.69, 9.17) is 4.74 Å². The molecule has 1 spiro atoms. The van der Waals surface area contributed by atoms with Crippen LogP contribution in [0.15, 0.2) is 30.3 Å². The standard InChI is InChI=1S/C15H22N2O.C2H6/c1-2-4-14(5-3-1)18-11-10-17-8-6-15(7-9-17)12-16-13-15;1-2/h1-5,16H,6-13H2;1-2H3. The van der Waals surface area contributed by atoms with Gasteiger partial charge in [-0.3, -0.25) is 4.90 Å². The monoisotopic (exact) mass is 276 g/mol. The van der Waals surface area contributed by atoms with E-state index in [-0.39, 0.29) is 0 Å². The molecule has 1 aromatic carbocycles. The minimum Gasteiger partial charge on any atom is -0.492 e. The Morgan fingerprint density at radius 2 is 1.75 bits per heavy atom. The van der Waals surface area contributed by atoms with E-state index in [1.54, 1.807) is 0 Å². The van der Waals surface area contributed by atoms with Gasteiger partial charge in [0.25, 0.3) is 0 Å². The molecule has 2 heterocycles. The molecule has 0 bridgehead atoms. The lowest BCUT2D eigenvalue weighted by Gasteiger charge is -2.48. The van der Waals surface area contributed by atoms with E-state index in [0.29, 0.717) is 5.41 Å². The molecule has 0 aromatic heterocycles. The van der Waals surface area contributed by atoms with E-state index < -0.39 is 0 Å². The smallest absolute Gasteiger partial charge is 0.119 e. The predicted octanol–water partition coefficient (Wildman–Crippen LogP) is 2.78. The Labute approximate surface area is 123 Å². The summed E-state index contributed by atoms with van der Waals surface area (Å²) < 4.78 is 5.75. The van der Waals surface area contributed by atoms with Gasteiger partial charge in [0.15, 0.2) is 0 Å². The fourth-order valence-electron chi connectivity index (χ4n) is 2.89. The third-order valence-corrected chi connectivity index (χ3v) is 4.34. The van der Waals surface area contributed by atoms with Gasteiger partial charge in [0.2, 0.25) is 0 Å². The summed E-state index contributed by atoms with van der Waals surface area (Å²) in [6, 6.07) is 10.1. The summed E-state index contributed by atoms with van der Waals surface area (Å²) in [7, 11) is 0. The zero-order chi connectivity index (χ0) is 14.3. The highest BCUT2D eigenvalue weighted by molar-refractivity contribution is 5.20. The first-order chi connectivity index (χ1) is 9.86. The Bertz CT molecular complexity index is 366. The molecule has 2 aliphatic heterocycles. The molecule has 0 amide bonds. The van der Waals surface area contributed by atoms with Crippen molar-refractivity contribution in [3.63, 3.8) is 0 Å². The van der Waals surface area contributed by atoms with Crippen LogP contribution in [0.5, 0.6) is 5.75 Å². The zero-order valence-electron chi connectivity index (χ0n) is 12.9. The van der Waals surface area contributed by atoms with Crippen LogP contribution < -0.4 is 10.1 Å². The number of hydrogen-bond acceptors (Lipinski definition) is 3. The van der Waals surface area contributed by atoms with Crippen LogP contribution in [0, 0.1) is 5.41 Å². The van der Waals surface area contributed by atoms with Crippen molar-refractivity contribution < 1.29 is 4.74 Å². The van der Waals surface area contributed by atoms with Gasteiger partial charge in [-0.2, -0.15) is 0 Å². The minimum atomic E-state index is 0.650. The van der Waals surface area contributed by atoms with E-state index in [1.165, 1.54) is 39.0 Å². The Hall–Kier alpha value is -1.06. The van der Waals surface area contributed by atoms with Crippen molar-refractivity contribution in [1.82, 2.24) is 10.2 Å². The second kappa shape index (κ2) is 7.65. The quantitative estimate of drug-likeness (QED) is 0.915. The first-order valence-electron chi connectivity index (χ1n) is 7.97. The van der Waals surface area contributed by atoms with Gasteiger partial charge in [-0.15, -0.1) is 0 Å². The van der Waals surface area contributed by atoms with Gasteiger partial charge in [0.05, 0.1) is 0 Å². The van der Waals surface area contributed by atoms with Crippen LogP contribution in [0.3, 0.4) is 0 Å². The van der Waals surface area contributed by atoms with Crippen LogP contribution in [-0.2, 0) is 0 Å². The van der Waals surface area contributed by atoms with Gasteiger partial charge in [-0.05, 0) is 43.5 Å². The molecular weight excluding hydrogens is 248 g/mol. The van der Waals surface area contributed by atoms with E-state index in [2.05, 4.69) is 10.2 Å². The second-order valence-electron chi connectivity index (χ2n) is 5.61. The number of ether oxygens (including phenoxy) is 1. The molecule has 3 nitrogen and oxygen atoms in total. The molecule has 3 heteroatoms. The Morgan fingerprint density at radius 1 is 1.10 bits per heavy atom. The van der Waals surface area contributed by atoms with Gasteiger partial charge < -0.3 is 10.1 Å². The molecule has 0 atom stereocenters. The number of nitrogens with zero attached hydrogens (tertiary/aromatic N) is 1. The number of nitrogens with one attached hydrogen (secondary N) is 1. The summed E-state index contributed by atoms with van der Waals surface area (Å²) in [5.41, 5.74) is 0.650. The molecule has 2 aliphatic rings. The van der Waals surface area contributed by atoms with Crippen LogP contribution in [0.2, 0.25) is 0 Å². The molecule has 112 valence electrons. The molecule has 20 heavy (non-hydrogen) atoms. The van der Waals surface area contributed by atoms with Crippen molar-refractivity contribution >= 4 is 0 Å². The number of benzene rings is 1. The van der Waals surface area contributed by atoms with Crippen LogP contribution in [0.25, 0.3) is 0 Å². The van der Waals surface area contributed by atoms with Crippen molar-refractivity contribution in [2.75, 3.05) is 39.3 Å². The van der Waals surface area contributed by atoms with Gasteiger partial charge in [-0.1, -0.05) is 32.0 Å². The normalized spacial score (nSPS) is 20.7. The molecular formula is C17H28N2O. The fourth-order valence-corrected chi connectivity index (χ4v) is 2.89. The van der Waals surface area contributed by atoms with Crippen LogP contribution >= 0.6 is 0 Å². The summed E-state index contributed by atoms with van der Waals surface area (Å²) in [6.07, 6.45) is 2.71. The summed E-state index contributed by atoms with van der Waals surface area (Å²) in [4.78, 5) is 2.53. The molecule has 1 aromatic rings. The first-order valence-corrected chi connectivity index (χ1v) is 7.97. The van der Waals surface area contributed by atoms with E-state index >= 15 is 0 Å². The summed E-state index contributed by atoms with van der Waals surface area (Å²) >= 11 is 0. The second-order valence-corrected chi connectivity index (χ2v) is 5.61. The lowest BCUT2D eigenvalue weighted by Crippen LogP contribution is -2.58. The van der Waals surface area contributed by atoms with E-state index in [1.807, 2.05) is 44.2 Å². The fraction of sp³-hybridized carbons (Fsp3) is 0.647. The molecule has 0 unspecified atom stereocenters. The van der Waals surface area contributed by atoms with Crippen LogP contribution in [0.1, 0.15) is 26.7 Å². The topological polar surface area (TPSA) is 24.5 Å². The summed E-state index contributed by atoms with van der Waals surface area (Å²) in [6.45, 7) is 10.8. The lowest BCUT2D eigenvalue weighted by atomic mass is 9.73. The molecule has 2 saturated heterocycles. The van der Waals surface area contributed by atoms with Gasteiger partial charge in [0.1, 0.15) is 12.4 Å². The summed E-state index contributed by atoms with van der Waals surface area (Å²) in [5, 5.41) is 3.41. The van der Waals surface area contributed by atoms with E-state index in [0.717, 1.165) is 18.9 Å². The van der Waals surface area contributed by atoms with Gasteiger partial charge >= 0.3 is 0 Å². The zero-order valence-corrected chi connectivity index (χ0v) is 12.9. The number of piperidine rings is 1. The molecule has 2 fully saturated rings. The number of likely N-dealkylation sites (tertiary alicyclic amines) is 1. The van der Waals surface area contributed by atoms with Crippen molar-refractivity contribution in [2.24, 2.45) is 5.41 Å². The van der Waals surface area contributed by atoms with Crippen LogP contribution in [-0.4, -0.2) is 44.2 Å². The van der Waals surface area contributed by atoms with Gasteiger partial charge in [0, 0.05) is 19.6 Å². The first kappa shape index (κ1) is 15.3. The molecule has 0 aliphatic carbocycles. The maximum atomic E-state index is 5.75. The molecule has 0 radical (unpaired) electrons. The van der Waals surface area contributed by atoms with Crippen molar-refractivity contribution in [2.45, 2.75) is 26.7 Å². The maximum absolute atomic E-state index is 5.75. The highest BCUT2D eigenvalue weighted by atomic mass is 16.5. The van der Waals surface area contributed by atoms with E-state index in [9.17, 15) is 0 Å². The minimum absolute atomic E-state index is 0.650. The van der Waals surface area contributed by atoms with Crippen LogP contribution in [0.4, 0.5) is 0 Å². The van der Waals surface area contributed by atoms with Crippen molar-refractivity contribution in [3.8, 4) is 5.75 Å². The van der Waals surface area contributed by atoms with Crippen molar-refractivity contribution in [3.05, 3.63) is 30.3 Å². The highest BCUT2D eigenvalue weighted by Crippen LogP contribution is 2.34. The largest absolute Gasteiger partial charge is 0.492 e. The van der Waals surface area contributed by atoms with Gasteiger partial charge in [-0.25, -0.2) is 0 Å². The average Bonchev–Trinajstić information content (AvgIpc) is 2.50. The molecule has 3 rings (SSSR count). The average molecular weight is 276 g/mol. The number of para-hydroxylation sites is 1. The molecule has 1 N–H and O–H groups in total. The Kier molecular flexibility index (Phi) is 5.86. The maximum Gasteiger partial charge on any atom is 0.119 e. The summed E-state index contributed by atoms with van der Waals surface area (Å²) in [5.74, 6) is 0.981. The SMILES string of the molecule is CC.c1ccc(OCCN2CCC3(CC2)CNC3)cc1. The molecule has 0 saturated carbocycles. The number of rotatable bonds is 4. The highest BCUT2D eigenvalue weighted by Gasteiger charge is 2.39. The lowest BCUT2D eigenvalue weighted by molar-refractivity contribution is 0.0495. The predicted molar refractivity (Wildman–Crippen MR) is 84.3 cm³/mol.